The van der Waals surface area contributed by atoms with Gasteiger partial charge >= 0.3 is 0 Å². The summed E-state index contributed by atoms with van der Waals surface area (Å²) in [5, 5.41) is 11.3. The van der Waals surface area contributed by atoms with Gasteiger partial charge in [-0.05, 0) is 24.5 Å². The van der Waals surface area contributed by atoms with Crippen molar-refractivity contribution in [2.24, 2.45) is 16.3 Å². The van der Waals surface area contributed by atoms with E-state index in [4.69, 9.17) is 10.9 Å². The lowest BCUT2D eigenvalue weighted by Crippen LogP contribution is -2.40. The summed E-state index contributed by atoms with van der Waals surface area (Å²) < 4.78 is 28.3. The van der Waals surface area contributed by atoms with Gasteiger partial charge in [0.1, 0.15) is 17.3 Å². The molecule has 0 aliphatic rings. The zero-order valence-corrected chi connectivity index (χ0v) is 12.4. The molecule has 1 aromatic carbocycles. The Morgan fingerprint density at radius 2 is 1.75 bits per heavy atom. The number of amidine groups is 1. The van der Waals surface area contributed by atoms with Crippen molar-refractivity contribution in [3.63, 3.8) is 0 Å². The molecule has 3 N–H and O–H groups in total. The lowest BCUT2D eigenvalue weighted by Gasteiger charge is -2.37. The Kier molecular flexibility index (Phi) is 4.57. The SMILES string of the molecule is CC(N(C)c1c(F)cc(C(N)=NO)cc1F)C(C)(C)C. The maximum Gasteiger partial charge on any atom is 0.170 e. The van der Waals surface area contributed by atoms with Crippen LogP contribution in [0.3, 0.4) is 0 Å². The highest BCUT2D eigenvalue weighted by Crippen LogP contribution is 2.31. The number of rotatable bonds is 3. The highest BCUT2D eigenvalue weighted by atomic mass is 19.1. The maximum atomic E-state index is 14.1. The van der Waals surface area contributed by atoms with Crippen LogP contribution in [0.25, 0.3) is 0 Å². The van der Waals surface area contributed by atoms with E-state index in [-0.39, 0.29) is 28.5 Å². The molecule has 1 atom stereocenters. The van der Waals surface area contributed by atoms with Crippen LogP contribution < -0.4 is 10.6 Å². The van der Waals surface area contributed by atoms with E-state index in [1.807, 2.05) is 27.7 Å². The molecule has 112 valence electrons. The molecule has 1 aromatic rings. The zero-order chi connectivity index (χ0) is 15.7. The topological polar surface area (TPSA) is 61.8 Å². The third kappa shape index (κ3) is 3.18. The average molecular weight is 285 g/mol. The first kappa shape index (κ1) is 16.2. The van der Waals surface area contributed by atoms with E-state index in [9.17, 15) is 8.78 Å². The van der Waals surface area contributed by atoms with Gasteiger partial charge in [-0.3, -0.25) is 0 Å². The third-order valence-corrected chi connectivity index (χ3v) is 3.61. The van der Waals surface area contributed by atoms with Crippen molar-refractivity contribution in [1.29, 1.82) is 0 Å². The summed E-state index contributed by atoms with van der Waals surface area (Å²) in [5.41, 5.74) is 5.08. The van der Waals surface area contributed by atoms with Crippen LogP contribution in [0.2, 0.25) is 0 Å². The van der Waals surface area contributed by atoms with Gasteiger partial charge in [0.25, 0.3) is 0 Å². The molecule has 0 saturated carbocycles. The standard InChI is InChI=1S/C14H21F2N3O/c1-8(14(2,3)4)19(5)12-10(15)6-9(7-11(12)16)13(17)18-20/h6-8,20H,1-5H3,(H2,17,18). The summed E-state index contributed by atoms with van der Waals surface area (Å²) in [6, 6.07) is 2.03. The number of nitrogens with zero attached hydrogens (tertiary/aromatic N) is 2. The first-order valence-corrected chi connectivity index (χ1v) is 6.29. The number of benzene rings is 1. The zero-order valence-electron chi connectivity index (χ0n) is 12.4. The van der Waals surface area contributed by atoms with Crippen LogP contribution in [0, 0.1) is 17.0 Å². The molecule has 1 rings (SSSR count). The lowest BCUT2D eigenvalue weighted by atomic mass is 9.87. The fraction of sp³-hybridized carbons (Fsp3) is 0.500. The first-order chi connectivity index (χ1) is 9.09. The van der Waals surface area contributed by atoms with Gasteiger partial charge in [0.05, 0.1) is 0 Å². The Morgan fingerprint density at radius 3 is 2.10 bits per heavy atom. The van der Waals surface area contributed by atoms with Crippen molar-refractivity contribution in [1.82, 2.24) is 0 Å². The smallest absolute Gasteiger partial charge is 0.170 e. The maximum absolute atomic E-state index is 14.1. The highest BCUT2D eigenvalue weighted by molar-refractivity contribution is 5.97. The van der Waals surface area contributed by atoms with Gasteiger partial charge in [-0.1, -0.05) is 25.9 Å². The van der Waals surface area contributed by atoms with Gasteiger partial charge in [0, 0.05) is 18.7 Å². The van der Waals surface area contributed by atoms with Crippen LogP contribution in [0.4, 0.5) is 14.5 Å². The molecule has 0 aromatic heterocycles. The Morgan fingerprint density at radius 1 is 1.30 bits per heavy atom. The second kappa shape index (κ2) is 5.64. The Balaban J connectivity index is 3.27. The Hall–Kier alpha value is -1.85. The van der Waals surface area contributed by atoms with Crippen molar-refractivity contribution in [2.45, 2.75) is 33.7 Å². The molecule has 0 aliphatic heterocycles. The summed E-state index contributed by atoms with van der Waals surface area (Å²) in [6.45, 7) is 7.88. The van der Waals surface area contributed by atoms with Crippen molar-refractivity contribution in [3.8, 4) is 0 Å². The first-order valence-electron chi connectivity index (χ1n) is 6.29. The second-order valence-corrected chi connectivity index (χ2v) is 5.93. The molecule has 4 nitrogen and oxygen atoms in total. The highest BCUT2D eigenvalue weighted by Gasteiger charge is 2.28. The van der Waals surface area contributed by atoms with E-state index in [0.29, 0.717) is 0 Å². The summed E-state index contributed by atoms with van der Waals surface area (Å²) in [5.74, 6) is -1.82. The van der Waals surface area contributed by atoms with Gasteiger partial charge in [0.15, 0.2) is 5.84 Å². The number of anilines is 1. The number of halogens is 2. The van der Waals surface area contributed by atoms with Crippen LogP contribution in [0.5, 0.6) is 0 Å². The van der Waals surface area contributed by atoms with Gasteiger partial charge in [0.2, 0.25) is 0 Å². The molecule has 0 amide bonds. The van der Waals surface area contributed by atoms with Gasteiger partial charge in [-0.25, -0.2) is 8.78 Å². The number of hydrogen-bond acceptors (Lipinski definition) is 3. The molecule has 0 fully saturated rings. The summed E-state index contributed by atoms with van der Waals surface area (Å²) in [6.07, 6.45) is 0. The molecule has 6 heteroatoms. The molecule has 0 radical (unpaired) electrons. The van der Waals surface area contributed by atoms with E-state index >= 15 is 0 Å². The summed E-state index contributed by atoms with van der Waals surface area (Å²) in [4.78, 5) is 1.56. The fourth-order valence-electron chi connectivity index (χ4n) is 1.88. The lowest BCUT2D eigenvalue weighted by molar-refractivity contribution is 0.318. The van der Waals surface area contributed by atoms with E-state index in [0.717, 1.165) is 12.1 Å². The Bertz CT molecular complexity index is 501. The van der Waals surface area contributed by atoms with Crippen molar-refractivity contribution >= 4 is 11.5 Å². The quantitative estimate of drug-likeness (QED) is 0.388. The predicted octanol–water partition coefficient (Wildman–Crippen LogP) is 2.93. The minimum atomic E-state index is -0.745. The average Bonchev–Trinajstić information content (AvgIpc) is 2.34. The van der Waals surface area contributed by atoms with Crippen LogP contribution >= 0.6 is 0 Å². The molecule has 20 heavy (non-hydrogen) atoms. The van der Waals surface area contributed by atoms with Gasteiger partial charge in [-0.15, -0.1) is 0 Å². The molecule has 0 aliphatic carbocycles. The molecular formula is C14H21F2N3O. The number of oxime groups is 1. The normalized spacial score (nSPS) is 14.2. The minimum absolute atomic E-state index is 0.00283. The fourth-order valence-corrected chi connectivity index (χ4v) is 1.88. The monoisotopic (exact) mass is 285 g/mol. The van der Waals surface area contributed by atoms with Crippen LogP contribution in [-0.4, -0.2) is 24.1 Å². The van der Waals surface area contributed by atoms with Gasteiger partial charge in [-0.2, -0.15) is 0 Å². The van der Waals surface area contributed by atoms with Crippen LogP contribution in [0.15, 0.2) is 17.3 Å². The molecule has 0 saturated heterocycles. The molecule has 0 bridgehead atoms. The van der Waals surface area contributed by atoms with E-state index in [1.165, 1.54) is 0 Å². The van der Waals surface area contributed by atoms with Crippen molar-refractivity contribution < 1.29 is 14.0 Å². The van der Waals surface area contributed by atoms with Crippen molar-refractivity contribution in [2.75, 3.05) is 11.9 Å². The number of nitrogens with two attached hydrogens (primary N) is 1. The van der Waals surface area contributed by atoms with Crippen LogP contribution in [0.1, 0.15) is 33.3 Å². The van der Waals surface area contributed by atoms with E-state index in [2.05, 4.69) is 5.16 Å². The number of hydrogen-bond donors (Lipinski definition) is 2. The van der Waals surface area contributed by atoms with E-state index in [1.54, 1.807) is 11.9 Å². The third-order valence-electron chi connectivity index (χ3n) is 3.61. The Labute approximate surface area is 117 Å². The van der Waals surface area contributed by atoms with Crippen molar-refractivity contribution in [3.05, 3.63) is 29.3 Å². The predicted molar refractivity (Wildman–Crippen MR) is 76.2 cm³/mol. The summed E-state index contributed by atoms with van der Waals surface area (Å²) in [7, 11) is 1.64. The van der Waals surface area contributed by atoms with E-state index < -0.39 is 11.6 Å². The second-order valence-electron chi connectivity index (χ2n) is 5.93. The van der Waals surface area contributed by atoms with Crippen LogP contribution in [-0.2, 0) is 0 Å². The largest absolute Gasteiger partial charge is 0.409 e. The molecular weight excluding hydrogens is 264 g/mol. The minimum Gasteiger partial charge on any atom is -0.409 e. The summed E-state index contributed by atoms with van der Waals surface area (Å²) >= 11 is 0. The molecule has 1 unspecified atom stereocenters. The van der Waals surface area contributed by atoms with Gasteiger partial charge < -0.3 is 15.8 Å². The molecule has 0 heterocycles. The molecule has 0 spiro atoms.